The molecule has 122 valence electrons. The summed E-state index contributed by atoms with van der Waals surface area (Å²) in [6.45, 7) is 0.564. The number of rotatable bonds is 4. The smallest absolute Gasteiger partial charge is 0.253 e. The van der Waals surface area contributed by atoms with Crippen LogP contribution in [-0.4, -0.2) is 37.4 Å². The minimum absolute atomic E-state index is 0. The van der Waals surface area contributed by atoms with Crippen LogP contribution in [0.15, 0.2) is 24.3 Å². The number of nitrogens with zero attached hydrogens (tertiary/aromatic N) is 1. The Morgan fingerprint density at radius 3 is 2.41 bits per heavy atom. The molecule has 3 N–H and O–H groups in total. The topological polar surface area (TPSA) is 75.4 Å². The van der Waals surface area contributed by atoms with E-state index in [0.717, 1.165) is 24.9 Å². The molecule has 1 fully saturated rings. The molecule has 1 aliphatic rings. The number of anilines is 1. The van der Waals surface area contributed by atoms with Crippen molar-refractivity contribution >= 4 is 29.9 Å². The monoisotopic (exact) mass is 325 g/mol. The summed E-state index contributed by atoms with van der Waals surface area (Å²) >= 11 is 0. The van der Waals surface area contributed by atoms with Crippen molar-refractivity contribution in [2.24, 2.45) is 17.6 Å². The van der Waals surface area contributed by atoms with Crippen LogP contribution < -0.4 is 11.1 Å². The Balaban J connectivity index is 0.00000242. The van der Waals surface area contributed by atoms with Crippen molar-refractivity contribution in [3.63, 3.8) is 0 Å². The van der Waals surface area contributed by atoms with Gasteiger partial charge in [-0.2, -0.15) is 0 Å². The van der Waals surface area contributed by atoms with Gasteiger partial charge in [0, 0.05) is 31.3 Å². The highest BCUT2D eigenvalue weighted by Crippen LogP contribution is 2.31. The summed E-state index contributed by atoms with van der Waals surface area (Å²) in [5.41, 5.74) is 7.04. The van der Waals surface area contributed by atoms with Gasteiger partial charge in [-0.25, -0.2) is 0 Å². The summed E-state index contributed by atoms with van der Waals surface area (Å²) in [7, 11) is 3.43. The van der Waals surface area contributed by atoms with E-state index in [-0.39, 0.29) is 30.1 Å². The molecule has 2 rings (SSSR count). The Labute approximate surface area is 137 Å². The van der Waals surface area contributed by atoms with Gasteiger partial charge in [0.1, 0.15) is 0 Å². The highest BCUT2D eigenvalue weighted by Gasteiger charge is 2.31. The zero-order chi connectivity index (χ0) is 15.4. The second kappa shape index (κ2) is 8.15. The lowest BCUT2D eigenvalue weighted by Gasteiger charge is -2.17. The number of nitrogens with two attached hydrogens (primary N) is 1. The van der Waals surface area contributed by atoms with Gasteiger partial charge in [0.2, 0.25) is 5.91 Å². The molecule has 0 radical (unpaired) electrons. The van der Waals surface area contributed by atoms with Crippen LogP contribution in [0.2, 0.25) is 0 Å². The number of halogens is 1. The summed E-state index contributed by atoms with van der Waals surface area (Å²) in [4.78, 5) is 25.6. The number of hydrogen-bond acceptors (Lipinski definition) is 3. The third-order valence-corrected chi connectivity index (χ3v) is 4.10. The first-order valence-electron chi connectivity index (χ1n) is 7.35. The van der Waals surface area contributed by atoms with Crippen molar-refractivity contribution in [2.75, 3.05) is 26.0 Å². The zero-order valence-corrected chi connectivity index (χ0v) is 13.9. The Kier molecular flexibility index (Phi) is 6.84. The number of carbonyl (C=O) groups is 2. The molecule has 22 heavy (non-hydrogen) atoms. The lowest BCUT2D eigenvalue weighted by atomic mass is 9.95. The van der Waals surface area contributed by atoms with Gasteiger partial charge < -0.3 is 16.0 Å². The Bertz CT molecular complexity index is 517. The molecular weight excluding hydrogens is 302 g/mol. The molecule has 0 heterocycles. The maximum Gasteiger partial charge on any atom is 0.253 e. The van der Waals surface area contributed by atoms with Crippen LogP contribution in [0.25, 0.3) is 0 Å². The molecule has 1 aromatic rings. The number of carbonyl (C=O) groups excluding carboxylic acids is 2. The second-order valence-electron chi connectivity index (χ2n) is 5.80. The van der Waals surface area contributed by atoms with Gasteiger partial charge >= 0.3 is 0 Å². The molecule has 0 bridgehead atoms. The van der Waals surface area contributed by atoms with Crippen molar-refractivity contribution in [3.05, 3.63) is 29.8 Å². The lowest BCUT2D eigenvalue weighted by Crippen LogP contribution is -2.29. The molecule has 0 aromatic heterocycles. The van der Waals surface area contributed by atoms with E-state index in [0.29, 0.717) is 18.0 Å². The molecule has 2 atom stereocenters. The van der Waals surface area contributed by atoms with E-state index in [4.69, 9.17) is 5.73 Å². The average Bonchev–Trinajstić information content (AvgIpc) is 2.95. The van der Waals surface area contributed by atoms with E-state index < -0.39 is 0 Å². The summed E-state index contributed by atoms with van der Waals surface area (Å²) in [5, 5.41) is 2.92. The fourth-order valence-electron chi connectivity index (χ4n) is 2.85. The van der Waals surface area contributed by atoms with Crippen molar-refractivity contribution in [1.82, 2.24) is 4.90 Å². The van der Waals surface area contributed by atoms with Gasteiger partial charge in [0.05, 0.1) is 0 Å². The minimum atomic E-state index is -0.0492. The van der Waals surface area contributed by atoms with Crippen LogP contribution in [0.5, 0.6) is 0 Å². The average molecular weight is 326 g/mol. The van der Waals surface area contributed by atoms with E-state index in [1.807, 2.05) is 0 Å². The fraction of sp³-hybridized carbons (Fsp3) is 0.500. The maximum atomic E-state index is 12.3. The SMILES string of the molecule is CN(C)C(=O)c1ccc(NC(=O)[C@@H]2CCC[C@@H]2CN)cc1.Cl. The first kappa shape index (κ1) is 18.5. The minimum Gasteiger partial charge on any atom is -0.345 e. The summed E-state index contributed by atoms with van der Waals surface area (Å²) in [5.74, 6) is 0.291. The molecule has 0 aliphatic heterocycles. The predicted octanol–water partition coefficient (Wildman–Crippen LogP) is 2.12. The first-order chi connectivity index (χ1) is 10.0. The molecular formula is C16H24ClN3O2. The Morgan fingerprint density at radius 2 is 1.86 bits per heavy atom. The van der Waals surface area contributed by atoms with Crippen molar-refractivity contribution in [1.29, 1.82) is 0 Å². The summed E-state index contributed by atoms with van der Waals surface area (Å²) < 4.78 is 0. The maximum absolute atomic E-state index is 12.3. The predicted molar refractivity (Wildman–Crippen MR) is 90.2 cm³/mol. The van der Waals surface area contributed by atoms with Gasteiger partial charge in [-0.1, -0.05) is 6.42 Å². The molecule has 0 spiro atoms. The fourth-order valence-corrected chi connectivity index (χ4v) is 2.85. The van der Waals surface area contributed by atoms with E-state index in [2.05, 4.69) is 5.32 Å². The number of nitrogens with one attached hydrogen (secondary N) is 1. The molecule has 2 amide bonds. The molecule has 6 heteroatoms. The van der Waals surface area contributed by atoms with Crippen LogP contribution in [0.4, 0.5) is 5.69 Å². The molecule has 0 saturated heterocycles. The number of benzene rings is 1. The highest BCUT2D eigenvalue weighted by atomic mass is 35.5. The second-order valence-corrected chi connectivity index (χ2v) is 5.80. The highest BCUT2D eigenvalue weighted by molar-refractivity contribution is 5.96. The normalized spacial score (nSPS) is 20.1. The Morgan fingerprint density at radius 1 is 1.23 bits per heavy atom. The van der Waals surface area contributed by atoms with E-state index in [1.54, 1.807) is 38.4 Å². The van der Waals surface area contributed by atoms with Crippen LogP contribution in [0, 0.1) is 11.8 Å². The first-order valence-corrected chi connectivity index (χ1v) is 7.35. The van der Waals surface area contributed by atoms with Crippen molar-refractivity contribution in [3.8, 4) is 0 Å². The zero-order valence-electron chi connectivity index (χ0n) is 13.0. The van der Waals surface area contributed by atoms with Crippen LogP contribution in [0.1, 0.15) is 29.6 Å². The van der Waals surface area contributed by atoms with Gasteiger partial charge in [0.25, 0.3) is 5.91 Å². The van der Waals surface area contributed by atoms with Crippen LogP contribution in [-0.2, 0) is 4.79 Å². The summed E-state index contributed by atoms with van der Waals surface area (Å²) in [6, 6.07) is 6.99. The molecule has 1 aromatic carbocycles. The van der Waals surface area contributed by atoms with E-state index in [1.165, 1.54) is 4.90 Å². The van der Waals surface area contributed by atoms with Crippen molar-refractivity contribution < 1.29 is 9.59 Å². The molecule has 5 nitrogen and oxygen atoms in total. The third kappa shape index (κ3) is 4.21. The molecule has 1 aliphatic carbocycles. The van der Waals surface area contributed by atoms with Gasteiger partial charge in [0.15, 0.2) is 0 Å². The summed E-state index contributed by atoms with van der Waals surface area (Å²) in [6.07, 6.45) is 3.01. The molecule has 0 unspecified atom stereocenters. The van der Waals surface area contributed by atoms with E-state index in [9.17, 15) is 9.59 Å². The van der Waals surface area contributed by atoms with E-state index >= 15 is 0 Å². The lowest BCUT2D eigenvalue weighted by molar-refractivity contribution is -0.120. The van der Waals surface area contributed by atoms with Gasteiger partial charge in [-0.3, -0.25) is 9.59 Å². The van der Waals surface area contributed by atoms with Crippen LogP contribution >= 0.6 is 12.4 Å². The Hall–Kier alpha value is -1.59. The van der Waals surface area contributed by atoms with Crippen LogP contribution in [0.3, 0.4) is 0 Å². The van der Waals surface area contributed by atoms with Gasteiger partial charge in [-0.15, -0.1) is 12.4 Å². The molecule has 1 saturated carbocycles. The van der Waals surface area contributed by atoms with Crippen molar-refractivity contribution in [2.45, 2.75) is 19.3 Å². The quantitative estimate of drug-likeness (QED) is 0.890. The largest absolute Gasteiger partial charge is 0.345 e. The number of hydrogen-bond donors (Lipinski definition) is 2. The third-order valence-electron chi connectivity index (χ3n) is 4.10. The number of amides is 2. The van der Waals surface area contributed by atoms with Gasteiger partial charge in [-0.05, 0) is 49.6 Å². The standard InChI is InChI=1S/C16H23N3O2.ClH/c1-19(2)16(21)11-6-8-13(9-7-11)18-15(20)14-5-3-4-12(14)10-17;/h6-9,12,14H,3-5,10,17H2,1-2H3,(H,18,20);1H/t12-,14-;/m1./s1.